The van der Waals surface area contributed by atoms with Crippen molar-refractivity contribution in [3.8, 4) is 11.5 Å². The van der Waals surface area contributed by atoms with Crippen molar-refractivity contribution < 1.29 is 23.8 Å². The average molecular weight is 499 g/mol. The largest absolute Gasteiger partial charge is 0.454 e. The molecule has 0 aliphatic carbocycles. The normalized spacial score (nSPS) is 19.6. The molecule has 1 atom stereocenters. The second kappa shape index (κ2) is 10.1. The zero-order valence-electron chi connectivity index (χ0n) is 19.5. The molecule has 10 heteroatoms. The van der Waals surface area contributed by atoms with Gasteiger partial charge in [0.25, 0.3) is 5.91 Å². The van der Waals surface area contributed by atoms with E-state index in [1.54, 1.807) is 16.8 Å². The van der Waals surface area contributed by atoms with Crippen LogP contribution in [0.4, 0.5) is 4.79 Å². The Hall–Kier alpha value is -3.30. The number of piperazine rings is 1. The van der Waals surface area contributed by atoms with Gasteiger partial charge >= 0.3 is 6.09 Å². The van der Waals surface area contributed by atoms with E-state index in [0.717, 1.165) is 16.8 Å². The molecular formula is C25H27ClN4O5. The average Bonchev–Trinajstić information content (AvgIpc) is 3.52. The van der Waals surface area contributed by atoms with Gasteiger partial charge in [0.1, 0.15) is 0 Å². The second-order valence-electron chi connectivity index (χ2n) is 8.56. The molecule has 0 radical (unpaired) electrons. The van der Waals surface area contributed by atoms with Crippen LogP contribution >= 0.6 is 11.6 Å². The van der Waals surface area contributed by atoms with Crippen LogP contribution < -0.4 is 9.47 Å². The van der Waals surface area contributed by atoms with Crippen molar-refractivity contribution >= 4 is 29.3 Å². The predicted molar refractivity (Wildman–Crippen MR) is 130 cm³/mol. The fraction of sp³-hybridized carbons (Fsp3) is 0.400. The van der Waals surface area contributed by atoms with Crippen LogP contribution in [-0.2, 0) is 9.53 Å². The molecule has 2 aromatic carbocycles. The van der Waals surface area contributed by atoms with Gasteiger partial charge < -0.3 is 19.1 Å². The van der Waals surface area contributed by atoms with Crippen molar-refractivity contribution in [2.75, 3.05) is 46.1 Å². The first-order chi connectivity index (χ1) is 17.0. The van der Waals surface area contributed by atoms with Crippen LogP contribution in [0.15, 0.2) is 47.6 Å². The molecule has 2 aromatic rings. The molecule has 1 fully saturated rings. The van der Waals surface area contributed by atoms with Crippen molar-refractivity contribution in [3.05, 3.63) is 58.6 Å². The standard InChI is InChI=1S/C25H27ClN4O5/c1-2-33-25(32)29-11-9-28(10-12-29)15-24(31)30-21(17-7-8-22-23(13-17)35-16-34-22)14-20(27-30)18-5-3-4-6-19(18)26/h3-8,13,21H,2,9-12,14-16H2,1H3/t21-/m0/s1. The summed E-state index contributed by atoms with van der Waals surface area (Å²) in [6.07, 6.45) is 0.223. The summed E-state index contributed by atoms with van der Waals surface area (Å²) in [5.41, 5.74) is 2.50. The zero-order valence-corrected chi connectivity index (χ0v) is 20.2. The molecule has 0 N–H and O–H groups in total. The van der Waals surface area contributed by atoms with E-state index in [9.17, 15) is 9.59 Å². The predicted octanol–water partition coefficient (Wildman–Crippen LogP) is 3.52. The number of hydrogen-bond donors (Lipinski definition) is 0. The molecule has 0 spiro atoms. The van der Waals surface area contributed by atoms with Gasteiger partial charge in [-0.1, -0.05) is 35.9 Å². The molecule has 3 heterocycles. The van der Waals surface area contributed by atoms with Crippen LogP contribution in [0, 0.1) is 0 Å². The molecule has 3 aliphatic heterocycles. The lowest BCUT2D eigenvalue weighted by Crippen LogP contribution is -2.51. The first-order valence-electron chi connectivity index (χ1n) is 11.7. The Morgan fingerprint density at radius 1 is 1.09 bits per heavy atom. The fourth-order valence-corrected chi connectivity index (χ4v) is 4.79. The van der Waals surface area contributed by atoms with E-state index in [4.69, 9.17) is 30.9 Å². The molecule has 0 bridgehead atoms. The smallest absolute Gasteiger partial charge is 0.409 e. The molecule has 35 heavy (non-hydrogen) atoms. The van der Waals surface area contributed by atoms with Crippen LogP contribution in [0.5, 0.6) is 11.5 Å². The molecule has 0 aromatic heterocycles. The lowest BCUT2D eigenvalue weighted by molar-refractivity contribution is -0.134. The highest BCUT2D eigenvalue weighted by Gasteiger charge is 2.35. The van der Waals surface area contributed by atoms with Gasteiger partial charge in [0, 0.05) is 43.2 Å². The summed E-state index contributed by atoms with van der Waals surface area (Å²) in [5.74, 6) is 1.24. The highest BCUT2D eigenvalue weighted by atomic mass is 35.5. The minimum absolute atomic E-state index is 0.112. The van der Waals surface area contributed by atoms with E-state index in [2.05, 4.69) is 0 Å². The van der Waals surface area contributed by atoms with Crippen LogP contribution in [0.3, 0.4) is 0 Å². The number of hydrazone groups is 1. The molecule has 0 unspecified atom stereocenters. The number of amides is 2. The number of carbonyl (C=O) groups excluding carboxylic acids is 2. The Kier molecular flexibility index (Phi) is 6.79. The Morgan fingerprint density at radius 3 is 2.63 bits per heavy atom. The summed E-state index contributed by atoms with van der Waals surface area (Å²) < 4.78 is 16.1. The maximum atomic E-state index is 13.5. The van der Waals surface area contributed by atoms with Gasteiger partial charge in [-0.15, -0.1) is 0 Å². The minimum atomic E-state index is -0.310. The van der Waals surface area contributed by atoms with Crippen LogP contribution in [0.25, 0.3) is 0 Å². The number of halogens is 1. The Balaban J connectivity index is 1.34. The summed E-state index contributed by atoms with van der Waals surface area (Å²) in [6, 6.07) is 13.0. The molecule has 5 rings (SSSR count). The number of carbonyl (C=O) groups is 2. The number of fused-ring (bicyclic) bond motifs is 1. The van der Waals surface area contributed by atoms with Gasteiger partial charge in [0.05, 0.1) is 24.9 Å². The maximum Gasteiger partial charge on any atom is 0.409 e. The van der Waals surface area contributed by atoms with Crippen molar-refractivity contribution in [1.82, 2.24) is 14.8 Å². The minimum Gasteiger partial charge on any atom is -0.454 e. The number of rotatable bonds is 5. The quantitative estimate of drug-likeness (QED) is 0.627. The second-order valence-corrected chi connectivity index (χ2v) is 8.97. The van der Waals surface area contributed by atoms with E-state index in [0.29, 0.717) is 55.7 Å². The molecule has 3 aliphatic rings. The molecule has 184 valence electrons. The first-order valence-corrected chi connectivity index (χ1v) is 12.1. The van der Waals surface area contributed by atoms with E-state index >= 15 is 0 Å². The van der Waals surface area contributed by atoms with E-state index in [1.165, 1.54) is 0 Å². The third-order valence-corrected chi connectivity index (χ3v) is 6.72. The zero-order chi connectivity index (χ0) is 24.4. The molecular weight excluding hydrogens is 472 g/mol. The monoisotopic (exact) mass is 498 g/mol. The van der Waals surface area contributed by atoms with E-state index in [-0.39, 0.29) is 31.4 Å². The number of benzene rings is 2. The summed E-state index contributed by atoms with van der Waals surface area (Å²) in [7, 11) is 0. The van der Waals surface area contributed by atoms with Crippen molar-refractivity contribution in [1.29, 1.82) is 0 Å². The molecule has 1 saturated heterocycles. The van der Waals surface area contributed by atoms with Gasteiger partial charge in [-0.3, -0.25) is 9.69 Å². The SMILES string of the molecule is CCOC(=O)N1CCN(CC(=O)N2N=C(c3ccccc3Cl)C[C@H]2c2ccc3c(c2)OCO3)CC1. The van der Waals surface area contributed by atoms with E-state index in [1.807, 2.05) is 47.4 Å². The highest BCUT2D eigenvalue weighted by molar-refractivity contribution is 6.34. The van der Waals surface area contributed by atoms with Crippen LogP contribution in [0.1, 0.15) is 30.5 Å². The Labute approximate surface area is 208 Å². The summed E-state index contributed by atoms with van der Waals surface area (Å²) in [4.78, 5) is 29.2. The lowest BCUT2D eigenvalue weighted by Gasteiger charge is -2.34. The van der Waals surface area contributed by atoms with Crippen molar-refractivity contribution in [3.63, 3.8) is 0 Å². The van der Waals surface area contributed by atoms with Crippen molar-refractivity contribution in [2.24, 2.45) is 5.10 Å². The molecule has 2 amide bonds. The maximum absolute atomic E-state index is 13.5. The Bertz CT molecular complexity index is 1150. The van der Waals surface area contributed by atoms with Gasteiger partial charge in [0.15, 0.2) is 11.5 Å². The van der Waals surface area contributed by atoms with Crippen LogP contribution in [-0.4, -0.2) is 78.6 Å². The topological polar surface area (TPSA) is 83.9 Å². The fourth-order valence-electron chi connectivity index (χ4n) is 4.55. The van der Waals surface area contributed by atoms with Gasteiger partial charge in [0.2, 0.25) is 6.79 Å². The van der Waals surface area contributed by atoms with E-state index < -0.39 is 0 Å². The van der Waals surface area contributed by atoms with Gasteiger partial charge in [-0.25, -0.2) is 9.80 Å². The molecule has 9 nitrogen and oxygen atoms in total. The third kappa shape index (κ3) is 4.92. The van der Waals surface area contributed by atoms with Crippen LogP contribution in [0.2, 0.25) is 5.02 Å². The summed E-state index contributed by atoms with van der Waals surface area (Å²) >= 11 is 6.45. The third-order valence-electron chi connectivity index (χ3n) is 6.39. The van der Waals surface area contributed by atoms with Gasteiger partial charge in [-0.05, 0) is 30.7 Å². The van der Waals surface area contributed by atoms with Gasteiger partial charge in [-0.2, -0.15) is 5.10 Å². The van der Waals surface area contributed by atoms with Crippen molar-refractivity contribution in [2.45, 2.75) is 19.4 Å². The number of hydrogen-bond acceptors (Lipinski definition) is 7. The molecule has 0 saturated carbocycles. The number of nitrogens with zero attached hydrogens (tertiary/aromatic N) is 4. The highest BCUT2D eigenvalue weighted by Crippen LogP contribution is 2.39. The summed E-state index contributed by atoms with van der Waals surface area (Å²) in [6.45, 7) is 4.75. The summed E-state index contributed by atoms with van der Waals surface area (Å²) in [5, 5.41) is 6.90. The first kappa shape index (κ1) is 23.4. The number of ether oxygens (including phenoxy) is 3. The lowest BCUT2D eigenvalue weighted by atomic mass is 9.98. The Morgan fingerprint density at radius 2 is 1.86 bits per heavy atom.